The van der Waals surface area contributed by atoms with Crippen LogP contribution >= 0.6 is 0 Å². The molecule has 5 heteroatoms. The molecule has 0 aromatic rings. The van der Waals surface area contributed by atoms with Crippen LogP contribution in [0.2, 0.25) is 0 Å². The van der Waals surface area contributed by atoms with Crippen molar-refractivity contribution < 1.29 is 24.2 Å². The summed E-state index contributed by atoms with van der Waals surface area (Å²) in [6.45, 7) is 4.01. The number of rotatable bonds is 26. The van der Waals surface area contributed by atoms with E-state index in [0.29, 0.717) is 12.8 Å². The predicted molar refractivity (Wildman–Crippen MR) is 141 cm³/mol. The zero-order valence-corrected chi connectivity index (χ0v) is 22.6. The van der Waals surface area contributed by atoms with Gasteiger partial charge >= 0.3 is 11.9 Å². The molecule has 1 N–H and O–H groups in total. The molecule has 0 aliphatic rings. The van der Waals surface area contributed by atoms with Crippen LogP contribution < -0.4 is 0 Å². The number of ether oxygens (including phenoxy) is 2. The first-order chi connectivity index (χ1) is 16.6. The van der Waals surface area contributed by atoms with E-state index < -0.39 is 6.10 Å². The van der Waals surface area contributed by atoms with Crippen LogP contribution in [0.3, 0.4) is 0 Å². The van der Waals surface area contributed by atoms with E-state index in [2.05, 4.69) is 13.8 Å². The smallest absolute Gasteiger partial charge is 0.306 e. The first-order valence-corrected chi connectivity index (χ1v) is 14.6. The van der Waals surface area contributed by atoms with E-state index in [4.69, 9.17) is 9.47 Å². The Morgan fingerprint density at radius 3 is 1.32 bits per heavy atom. The maximum atomic E-state index is 12.0. The lowest BCUT2D eigenvalue weighted by Gasteiger charge is -2.15. The minimum Gasteiger partial charge on any atom is -0.462 e. The molecule has 0 aromatic heterocycles. The highest BCUT2D eigenvalue weighted by molar-refractivity contribution is 5.70. The number of esters is 2. The summed E-state index contributed by atoms with van der Waals surface area (Å²) in [4.78, 5) is 23.7. The van der Waals surface area contributed by atoms with E-state index in [1.165, 1.54) is 83.5 Å². The van der Waals surface area contributed by atoms with Crippen LogP contribution in [0.15, 0.2) is 0 Å². The molecule has 1 unspecified atom stereocenters. The van der Waals surface area contributed by atoms with Gasteiger partial charge < -0.3 is 14.6 Å². The Hall–Kier alpha value is -1.10. The van der Waals surface area contributed by atoms with Gasteiger partial charge in [0.25, 0.3) is 0 Å². The van der Waals surface area contributed by atoms with Gasteiger partial charge in [-0.15, -0.1) is 0 Å². The highest BCUT2D eigenvalue weighted by Gasteiger charge is 2.16. The lowest BCUT2D eigenvalue weighted by atomic mass is 10.0. The Labute approximate surface area is 210 Å². The fraction of sp³-hybridized carbons (Fsp3) is 0.931. The third kappa shape index (κ3) is 24.0. The van der Waals surface area contributed by atoms with Gasteiger partial charge in [0, 0.05) is 12.8 Å². The molecule has 0 saturated carbocycles. The van der Waals surface area contributed by atoms with Gasteiger partial charge in [-0.3, -0.25) is 9.59 Å². The van der Waals surface area contributed by atoms with Gasteiger partial charge in [0.1, 0.15) is 6.61 Å². The largest absolute Gasteiger partial charge is 0.462 e. The second kappa shape index (κ2) is 26.5. The molecule has 0 aliphatic carbocycles. The van der Waals surface area contributed by atoms with Crippen molar-refractivity contribution in [2.24, 2.45) is 0 Å². The monoisotopic (exact) mass is 484 g/mol. The van der Waals surface area contributed by atoms with E-state index in [1.54, 1.807) is 0 Å². The minimum atomic E-state index is -0.756. The molecular formula is C29H56O5. The van der Waals surface area contributed by atoms with Crippen LogP contribution in [0.4, 0.5) is 0 Å². The summed E-state index contributed by atoms with van der Waals surface area (Å²) in [6.07, 6.45) is 24.8. The van der Waals surface area contributed by atoms with Crippen molar-refractivity contribution in [2.75, 3.05) is 13.2 Å². The molecule has 0 aromatic carbocycles. The van der Waals surface area contributed by atoms with E-state index in [-0.39, 0.29) is 25.2 Å². The fourth-order valence-corrected chi connectivity index (χ4v) is 4.14. The molecule has 0 heterocycles. The topological polar surface area (TPSA) is 72.8 Å². The standard InChI is InChI=1S/C29H56O5/c1-3-5-7-9-10-11-12-13-14-15-16-17-18-19-20-22-24-29(32)34-27(25-30)26-33-28(31)23-21-8-6-4-2/h27,30H,3-26H2,1-2H3. The molecule has 0 bridgehead atoms. The van der Waals surface area contributed by atoms with Gasteiger partial charge in [-0.25, -0.2) is 0 Å². The molecule has 1 atom stereocenters. The van der Waals surface area contributed by atoms with E-state index in [0.717, 1.165) is 44.9 Å². The average molecular weight is 485 g/mol. The van der Waals surface area contributed by atoms with Gasteiger partial charge in [0.15, 0.2) is 6.10 Å². The summed E-state index contributed by atoms with van der Waals surface area (Å²) in [7, 11) is 0. The third-order valence-corrected chi connectivity index (χ3v) is 6.40. The Morgan fingerprint density at radius 1 is 0.559 bits per heavy atom. The van der Waals surface area contributed by atoms with Crippen molar-refractivity contribution in [1.29, 1.82) is 0 Å². The molecule has 0 aliphatic heterocycles. The van der Waals surface area contributed by atoms with E-state index in [1.807, 2.05) is 0 Å². The zero-order chi connectivity index (χ0) is 25.1. The highest BCUT2D eigenvalue weighted by Crippen LogP contribution is 2.14. The van der Waals surface area contributed by atoms with Crippen LogP contribution in [-0.2, 0) is 19.1 Å². The summed E-state index contributed by atoms with van der Waals surface area (Å²) in [5.41, 5.74) is 0. The Morgan fingerprint density at radius 2 is 0.912 bits per heavy atom. The van der Waals surface area contributed by atoms with Crippen molar-refractivity contribution in [2.45, 2.75) is 161 Å². The molecule has 0 amide bonds. The number of hydrogen-bond acceptors (Lipinski definition) is 5. The Bertz CT molecular complexity index is 452. The maximum Gasteiger partial charge on any atom is 0.306 e. The number of hydrogen-bond donors (Lipinski definition) is 1. The molecule has 0 spiro atoms. The van der Waals surface area contributed by atoms with Crippen molar-refractivity contribution in [3.8, 4) is 0 Å². The van der Waals surface area contributed by atoms with Gasteiger partial charge in [0.05, 0.1) is 6.61 Å². The van der Waals surface area contributed by atoms with Gasteiger partial charge in [-0.1, -0.05) is 129 Å². The van der Waals surface area contributed by atoms with Crippen molar-refractivity contribution in [1.82, 2.24) is 0 Å². The quantitative estimate of drug-likeness (QED) is 0.0992. The molecule has 0 radical (unpaired) electrons. The number of unbranched alkanes of at least 4 members (excludes halogenated alkanes) is 18. The van der Waals surface area contributed by atoms with Crippen molar-refractivity contribution in [3.05, 3.63) is 0 Å². The van der Waals surface area contributed by atoms with Gasteiger partial charge in [-0.05, 0) is 12.8 Å². The lowest BCUT2D eigenvalue weighted by molar-refractivity contribution is -0.161. The molecule has 0 fully saturated rings. The fourth-order valence-electron chi connectivity index (χ4n) is 4.14. The van der Waals surface area contributed by atoms with Gasteiger partial charge in [0.2, 0.25) is 0 Å². The normalized spacial score (nSPS) is 12.0. The van der Waals surface area contributed by atoms with Crippen LogP contribution in [-0.4, -0.2) is 36.4 Å². The van der Waals surface area contributed by atoms with Crippen LogP contribution in [0.25, 0.3) is 0 Å². The number of aliphatic hydroxyl groups excluding tert-OH is 1. The lowest BCUT2D eigenvalue weighted by Crippen LogP contribution is -2.28. The predicted octanol–water partition coefficient (Wildman–Crippen LogP) is 8.06. The van der Waals surface area contributed by atoms with E-state index in [9.17, 15) is 14.7 Å². The summed E-state index contributed by atoms with van der Waals surface area (Å²) in [5, 5.41) is 9.38. The summed E-state index contributed by atoms with van der Waals surface area (Å²) in [5.74, 6) is -0.605. The van der Waals surface area contributed by atoms with Crippen molar-refractivity contribution >= 4 is 11.9 Å². The molecule has 34 heavy (non-hydrogen) atoms. The third-order valence-electron chi connectivity index (χ3n) is 6.40. The second-order valence-corrected chi connectivity index (χ2v) is 9.84. The van der Waals surface area contributed by atoms with Gasteiger partial charge in [-0.2, -0.15) is 0 Å². The van der Waals surface area contributed by atoms with Crippen LogP contribution in [0.1, 0.15) is 155 Å². The Kier molecular flexibility index (Phi) is 25.6. The highest BCUT2D eigenvalue weighted by atomic mass is 16.6. The van der Waals surface area contributed by atoms with E-state index >= 15 is 0 Å². The number of carbonyl (C=O) groups excluding carboxylic acids is 2. The van der Waals surface area contributed by atoms with Crippen LogP contribution in [0.5, 0.6) is 0 Å². The SMILES string of the molecule is CCCCCCCCCCCCCCCCCCC(=O)OC(CO)COC(=O)CCCCCC. The molecule has 202 valence electrons. The Balaban J connectivity index is 3.47. The summed E-state index contributed by atoms with van der Waals surface area (Å²) < 4.78 is 10.4. The summed E-state index contributed by atoms with van der Waals surface area (Å²) in [6, 6.07) is 0. The number of aliphatic hydroxyl groups is 1. The molecule has 0 rings (SSSR count). The first kappa shape index (κ1) is 32.9. The molecular weight excluding hydrogens is 428 g/mol. The summed E-state index contributed by atoms with van der Waals surface area (Å²) >= 11 is 0. The average Bonchev–Trinajstić information content (AvgIpc) is 2.84. The number of carbonyl (C=O) groups is 2. The first-order valence-electron chi connectivity index (χ1n) is 14.6. The molecule has 5 nitrogen and oxygen atoms in total. The maximum absolute atomic E-state index is 12.0. The zero-order valence-electron chi connectivity index (χ0n) is 22.6. The second-order valence-electron chi connectivity index (χ2n) is 9.84. The van der Waals surface area contributed by atoms with Crippen molar-refractivity contribution in [3.63, 3.8) is 0 Å². The minimum absolute atomic E-state index is 0.0617. The van der Waals surface area contributed by atoms with Crippen LogP contribution in [0, 0.1) is 0 Å². The molecule has 0 saturated heterocycles.